The predicted molar refractivity (Wildman–Crippen MR) is 87.7 cm³/mol. The lowest BCUT2D eigenvalue weighted by atomic mass is 10.1. The van der Waals surface area contributed by atoms with Crippen LogP contribution in [0, 0.1) is 6.92 Å². The Morgan fingerprint density at radius 1 is 1.09 bits per heavy atom. The molecule has 0 atom stereocenters. The van der Waals surface area contributed by atoms with Crippen LogP contribution in [-0.4, -0.2) is 21.8 Å². The fourth-order valence-electron chi connectivity index (χ4n) is 2.17. The Hall–Kier alpha value is -3.15. The maximum atomic E-state index is 11.9. The average molecular weight is 308 g/mol. The van der Waals surface area contributed by atoms with Gasteiger partial charge in [0.1, 0.15) is 0 Å². The lowest BCUT2D eigenvalue weighted by molar-refractivity contribution is -0.136. The third kappa shape index (κ3) is 3.55. The van der Waals surface area contributed by atoms with E-state index in [0.29, 0.717) is 12.2 Å². The van der Waals surface area contributed by atoms with Gasteiger partial charge >= 0.3 is 11.8 Å². The van der Waals surface area contributed by atoms with Crippen molar-refractivity contribution in [3.05, 3.63) is 59.9 Å². The molecule has 23 heavy (non-hydrogen) atoms. The van der Waals surface area contributed by atoms with Crippen molar-refractivity contribution in [3.63, 3.8) is 0 Å². The standard InChI is InChI=1S/C17H16N4O2/c1-11-2-4-12(5-3-11)9-18-16(22)17(23)21-13-6-7-14-15(8-13)20-10-19-14/h2-8,10H,9H2,1H3,(H,18,22)(H,19,20)(H,21,23). The summed E-state index contributed by atoms with van der Waals surface area (Å²) in [4.78, 5) is 30.8. The van der Waals surface area contributed by atoms with Gasteiger partial charge in [-0.2, -0.15) is 0 Å². The number of imidazole rings is 1. The molecular formula is C17H16N4O2. The second-order valence-corrected chi connectivity index (χ2v) is 5.26. The molecule has 0 aliphatic heterocycles. The molecule has 0 bridgehead atoms. The Bertz CT molecular complexity index is 852. The van der Waals surface area contributed by atoms with Crippen LogP contribution >= 0.6 is 0 Å². The summed E-state index contributed by atoms with van der Waals surface area (Å²) in [5.74, 6) is -1.37. The number of carbonyl (C=O) groups excluding carboxylic acids is 2. The number of fused-ring (bicyclic) bond motifs is 1. The Morgan fingerprint density at radius 3 is 2.65 bits per heavy atom. The van der Waals surface area contributed by atoms with Crippen molar-refractivity contribution in [1.82, 2.24) is 15.3 Å². The van der Waals surface area contributed by atoms with Gasteiger partial charge < -0.3 is 15.6 Å². The fourth-order valence-corrected chi connectivity index (χ4v) is 2.17. The minimum Gasteiger partial charge on any atom is -0.345 e. The first kappa shape index (κ1) is 14.8. The van der Waals surface area contributed by atoms with Gasteiger partial charge in [0.05, 0.1) is 17.4 Å². The van der Waals surface area contributed by atoms with Gasteiger partial charge in [-0.05, 0) is 30.7 Å². The number of nitrogens with one attached hydrogen (secondary N) is 3. The van der Waals surface area contributed by atoms with Gasteiger partial charge in [-0.1, -0.05) is 29.8 Å². The van der Waals surface area contributed by atoms with Crippen molar-refractivity contribution in [1.29, 1.82) is 0 Å². The normalized spacial score (nSPS) is 10.5. The van der Waals surface area contributed by atoms with E-state index in [1.165, 1.54) is 0 Å². The van der Waals surface area contributed by atoms with E-state index in [1.807, 2.05) is 31.2 Å². The zero-order chi connectivity index (χ0) is 16.2. The van der Waals surface area contributed by atoms with E-state index in [1.54, 1.807) is 24.5 Å². The van der Waals surface area contributed by atoms with E-state index in [9.17, 15) is 9.59 Å². The molecule has 6 heteroatoms. The number of hydrogen-bond acceptors (Lipinski definition) is 3. The fraction of sp³-hybridized carbons (Fsp3) is 0.118. The number of amides is 2. The molecule has 0 unspecified atom stereocenters. The first-order valence-corrected chi connectivity index (χ1v) is 7.20. The zero-order valence-electron chi connectivity index (χ0n) is 12.6. The van der Waals surface area contributed by atoms with Crippen LogP contribution in [0.4, 0.5) is 5.69 Å². The molecule has 3 aromatic rings. The van der Waals surface area contributed by atoms with Gasteiger partial charge in [-0.15, -0.1) is 0 Å². The summed E-state index contributed by atoms with van der Waals surface area (Å²) in [6, 6.07) is 13.0. The van der Waals surface area contributed by atoms with Crippen LogP contribution in [0.15, 0.2) is 48.8 Å². The van der Waals surface area contributed by atoms with Crippen molar-refractivity contribution < 1.29 is 9.59 Å². The third-order valence-electron chi connectivity index (χ3n) is 3.46. The van der Waals surface area contributed by atoms with Crippen LogP contribution in [-0.2, 0) is 16.1 Å². The molecule has 1 aromatic heterocycles. The highest BCUT2D eigenvalue weighted by Gasteiger charge is 2.13. The Morgan fingerprint density at radius 2 is 1.87 bits per heavy atom. The van der Waals surface area contributed by atoms with E-state index in [-0.39, 0.29) is 0 Å². The van der Waals surface area contributed by atoms with Gasteiger partial charge in [0.15, 0.2) is 0 Å². The highest BCUT2D eigenvalue weighted by Crippen LogP contribution is 2.15. The van der Waals surface area contributed by atoms with Crippen LogP contribution in [0.5, 0.6) is 0 Å². The number of H-pyrrole nitrogens is 1. The third-order valence-corrected chi connectivity index (χ3v) is 3.46. The number of aromatic amines is 1. The van der Waals surface area contributed by atoms with Crippen molar-refractivity contribution in [3.8, 4) is 0 Å². The number of carbonyl (C=O) groups is 2. The first-order chi connectivity index (χ1) is 11.1. The predicted octanol–water partition coefficient (Wildman–Crippen LogP) is 2.13. The lowest BCUT2D eigenvalue weighted by Gasteiger charge is -2.07. The maximum absolute atomic E-state index is 11.9. The summed E-state index contributed by atoms with van der Waals surface area (Å²) in [5.41, 5.74) is 4.22. The summed E-state index contributed by atoms with van der Waals surface area (Å²) in [5, 5.41) is 5.17. The van der Waals surface area contributed by atoms with Crippen LogP contribution < -0.4 is 10.6 Å². The summed E-state index contributed by atoms with van der Waals surface area (Å²) >= 11 is 0. The van der Waals surface area contributed by atoms with Crippen LogP contribution in [0.2, 0.25) is 0 Å². The van der Waals surface area contributed by atoms with Crippen LogP contribution in [0.1, 0.15) is 11.1 Å². The molecule has 0 aliphatic rings. The van der Waals surface area contributed by atoms with Crippen molar-refractivity contribution >= 4 is 28.5 Å². The number of nitrogens with zero attached hydrogens (tertiary/aromatic N) is 1. The minimum absolute atomic E-state index is 0.312. The van der Waals surface area contributed by atoms with E-state index >= 15 is 0 Å². The van der Waals surface area contributed by atoms with Crippen LogP contribution in [0.3, 0.4) is 0 Å². The second kappa shape index (κ2) is 6.31. The Labute approximate surface area is 132 Å². The van der Waals surface area contributed by atoms with Gasteiger partial charge in [0.2, 0.25) is 0 Å². The van der Waals surface area contributed by atoms with E-state index in [2.05, 4.69) is 20.6 Å². The number of hydrogen-bond donors (Lipinski definition) is 3. The minimum atomic E-state index is -0.698. The number of rotatable bonds is 3. The number of aromatic nitrogens is 2. The maximum Gasteiger partial charge on any atom is 0.313 e. The number of anilines is 1. The van der Waals surface area contributed by atoms with Gasteiger partial charge in [-0.3, -0.25) is 9.59 Å². The highest BCUT2D eigenvalue weighted by molar-refractivity contribution is 6.39. The SMILES string of the molecule is Cc1ccc(CNC(=O)C(=O)Nc2ccc3nc[nH]c3c2)cc1. The topological polar surface area (TPSA) is 86.9 Å². The van der Waals surface area contributed by atoms with E-state index < -0.39 is 11.8 Å². The van der Waals surface area contributed by atoms with Crippen molar-refractivity contribution in [2.24, 2.45) is 0 Å². The van der Waals surface area contributed by atoms with Crippen LogP contribution in [0.25, 0.3) is 11.0 Å². The summed E-state index contributed by atoms with van der Waals surface area (Å²) in [6.45, 7) is 2.30. The summed E-state index contributed by atoms with van der Waals surface area (Å²) in [7, 11) is 0. The van der Waals surface area contributed by atoms with E-state index in [4.69, 9.17) is 0 Å². The quantitative estimate of drug-likeness (QED) is 0.648. The molecule has 0 saturated carbocycles. The Balaban J connectivity index is 1.58. The molecule has 2 aromatic carbocycles. The zero-order valence-corrected chi connectivity index (χ0v) is 12.6. The molecule has 0 saturated heterocycles. The highest BCUT2D eigenvalue weighted by atomic mass is 16.2. The molecular weight excluding hydrogens is 292 g/mol. The molecule has 0 spiro atoms. The molecule has 0 fully saturated rings. The molecule has 0 aliphatic carbocycles. The van der Waals surface area contributed by atoms with Gasteiger partial charge in [0, 0.05) is 12.2 Å². The smallest absolute Gasteiger partial charge is 0.313 e. The van der Waals surface area contributed by atoms with Gasteiger partial charge in [0.25, 0.3) is 0 Å². The molecule has 3 N–H and O–H groups in total. The first-order valence-electron chi connectivity index (χ1n) is 7.20. The molecule has 1 heterocycles. The molecule has 0 radical (unpaired) electrons. The average Bonchev–Trinajstić information content (AvgIpc) is 3.01. The monoisotopic (exact) mass is 308 g/mol. The van der Waals surface area contributed by atoms with E-state index in [0.717, 1.165) is 22.2 Å². The molecule has 116 valence electrons. The Kier molecular flexibility index (Phi) is 4.05. The van der Waals surface area contributed by atoms with Crippen molar-refractivity contribution in [2.45, 2.75) is 13.5 Å². The number of benzene rings is 2. The lowest BCUT2D eigenvalue weighted by Crippen LogP contribution is -2.34. The number of aryl methyl sites for hydroxylation is 1. The molecule has 3 rings (SSSR count). The summed E-state index contributed by atoms with van der Waals surface area (Å²) < 4.78 is 0. The molecule has 2 amide bonds. The second-order valence-electron chi connectivity index (χ2n) is 5.26. The summed E-state index contributed by atoms with van der Waals surface area (Å²) in [6.07, 6.45) is 1.57. The van der Waals surface area contributed by atoms with Crippen molar-refractivity contribution in [2.75, 3.05) is 5.32 Å². The van der Waals surface area contributed by atoms with Gasteiger partial charge in [-0.25, -0.2) is 4.98 Å². The molecule has 6 nitrogen and oxygen atoms in total. The largest absolute Gasteiger partial charge is 0.345 e.